The molecule has 0 spiro atoms. The first kappa shape index (κ1) is 25.2. The van der Waals surface area contributed by atoms with Gasteiger partial charge in [-0.25, -0.2) is 13.2 Å². The summed E-state index contributed by atoms with van der Waals surface area (Å²) in [7, 11) is -2.58. The van der Waals surface area contributed by atoms with E-state index in [0.29, 0.717) is 31.6 Å². The number of amides is 1. The van der Waals surface area contributed by atoms with Gasteiger partial charge >= 0.3 is 11.9 Å². The Morgan fingerprint density at radius 2 is 1.71 bits per heavy atom. The highest BCUT2D eigenvalue weighted by Crippen LogP contribution is 2.24. The molecule has 0 saturated carbocycles. The maximum atomic E-state index is 13.2. The predicted octanol–water partition coefficient (Wildman–Crippen LogP) is 2.47. The van der Waals surface area contributed by atoms with Crippen molar-refractivity contribution in [3.63, 3.8) is 0 Å². The molecule has 10 heteroatoms. The highest BCUT2D eigenvalue weighted by molar-refractivity contribution is 7.92. The molecule has 0 bridgehead atoms. The van der Waals surface area contributed by atoms with Gasteiger partial charge in [0.05, 0.1) is 29.2 Å². The first-order chi connectivity index (χ1) is 16.3. The van der Waals surface area contributed by atoms with E-state index in [2.05, 4.69) is 0 Å². The van der Waals surface area contributed by atoms with Crippen LogP contribution in [-0.4, -0.2) is 64.5 Å². The fourth-order valence-electron chi connectivity index (χ4n) is 3.83. The van der Waals surface area contributed by atoms with Gasteiger partial charge < -0.3 is 14.4 Å². The van der Waals surface area contributed by atoms with E-state index in [9.17, 15) is 22.8 Å². The zero-order chi connectivity index (χ0) is 24.7. The monoisotopic (exact) mass is 488 g/mol. The van der Waals surface area contributed by atoms with Gasteiger partial charge in [0.25, 0.3) is 15.9 Å². The third-order valence-electron chi connectivity index (χ3n) is 5.70. The Morgan fingerprint density at radius 1 is 1.03 bits per heavy atom. The van der Waals surface area contributed by atoms with E-state index in [4.69, 9.17) is 9.47 Å². The number of hydrogen-bond acceptors (Lipinski definition) is 7. The molecule has 0 unspecified atom stereocenters. The van der Waals surface area contributed by atoms with Crippen LogP contribution in [0.3, 0.4) is 0 Å². The van der Waals surface area contributed by atoms with Crippen LogP contribution < -0.4 is 4.31 Å². The minimum absolute atomic E-state index is 0.0300. The third-order valence-corrected chi connectivity index (χ3v) is 7.60. The van der Waals surface area contributed by atoms with Gasteiger partial charge in [-0.2, -0.15) is 0 Å². The second-order valence-electron chi connectivity index (χ2n) is 7.79. The summed E-state index contributed by atoms with van der Waals surface area (Å²) in [6.45, 7) is 2.21. The van der Waals surface area contributed by atoms with Crippen LogP contribution in [0.4, 0.5) is 5.69 Å². The van der Waals surface area contributed by atoms with Crippen LogP contribution in [0.1, 0.15) is 30.1 Å². The van der Waals surface area contributed by atoms with Crippen LogP contribution in [0.2, 0.25) is 0 Å². The third kappa shape index (κ3) is 5.74. The fraction of sp³-hybridized carbons (Fsp3) is 0.375. The summed E-state index contributed by atoms with van der Waals surface area (Å²) in [5.74, 6) is -1.69. The zero-order valence-electron chi connectivity index (χ0n) is 19.2. The lowest BCUT2D eigenvalue weighted by molar-refractivity contribution is -0.149. The summed E-state index contributed by atoms with van der Waals surface area (Å²) in [6, 6.07) is 14.2. The van der Waals surface area contributed by atoms with Crippen molar-refractivity contribution in [3.8, 4) is 0 Å². The highest BCUT2D eigenvalue weighted by Gasteiger charge is 2.29. The van der Waals surface area contributed by atoms with Crippen molar-refractivity contribution in [3.05, 3.63) is 60.2 Å². The Kier molecular flexibility index (Phi) is 8.27. The second-order valence-corrected chi connectivity index (χ2v) is 9.65. The minimum atomic E-state index is -3.91. The van der Waals surface area contributed by atoms with Crippen molar-refractivity contribution in [1.82, 2.24) is 4.90 Å². The molecular formula is C24H28N2O7S. The van der Waals surface area contributed by atoms with E-state index in [1.807, 2.05) is 0 Å². The summed E-state index contributed by atoms with van der Waals surface area (Å²) in [4.78, 5) is 38.1. The van der Waals surface area contributed by atoms with E-state index < -0.39 is 22.6 Å². The number of rotatable bonds is 8. The first-order valence-electron chi connectivity index (χ1n) is 11.0. The first-order valence-corrected chi connectivity index (χ1v) is 12.4. The summed E-state index contributed by atoms with van der Waals surface area (Å²) in [6.07, 6.45) is 0.975. The van der Waals surface area contributed by atoms with Crippen LogP contribution in [0, 0.1) is 5.92 Å². The molecule has 0 N–H and O–H groups in total. The minimum Gasteiger partial charge on any atom is -0.469 e. The summed E-state index contributed by atoms with van der Waals surface area (Å²) < 4.78 is 37.5. The van der Waals surface area contributed by atoms with Crippen molar-refractivity contribution in [2.24, 2.45) is 5.92 Å². The maximum absolute atomic E-state index is 13.2. The molecule has 2 aromatic carbocycles. The zero-order valence-corrected chi connectivity index (χ0v) is 20.0. The summed E-state index contributed by atoms with van der Waals surface area (Å²) in [5.41, 5.74) is 0.543. The molecule has 182 valence electrons. The Hall–Kier alpha value is -3.40. The molecule has 1 aliphatic heterocycles. The van der Waals surface area contributed by atoms with Gasteiger partial charge in [0.2, 0.25) is 0 Å². The maximum Gasteiger partial charge on any atom is 0.338 e. The van der Waals surface area contributed by atoms with Crippen molar-refractivity contribution in [2.45, 2.75) is 24.7 Å². The molecule has 1 fully saturated rings. The Bertz CT molecular complexity index is 1130. The van der Waals surface area contributed by atoms with Gasteiger partial charge in [-0.15, -0.1) is 0 Å². The molecule has 1 aliphatic rings. The summed E-state index contributed by atoms with van der Waals surface area (Å²) in [5, 5.41) is 0. The molecule has 0 aliphatic carbocycles. The van der Waals surface area contributed by atoms with E-state index in [1.54, 1.807) is 37.3 Å². The topological polar surface area (TPSA) is 110 Å². The number of ether oxygens (including phenoxy) is 2. The van der Waals surface area contributed by atoms with E-state index >= 15 is 0 Å². The number of piperidine rings is 1. The fourth-order valence-corrected chi connectivity index (χ4v) is 5.35. The van der Waals surface area contributed by atoms with Gasteiger partial charge in [-0.1, -0.05) is 24.3 Å². The lowest BCUT2D eigenvalue weighted by atomic mass is 9.97. The van der Waals surface area contributed by atoms with Gasteiger partial charge in [0.15, 0.2) is 6.61 Å². The molecular weight excluding hydrogens is 460 g/mol. The number of sulfonamides is 1. The van der Waals surface area contributed by atoms with Crippen LogP contribution in [0.25, 0.3) is 0 Å². The number of carbonyl (C=O) groups is 3. The number of likely N-dealkylation sites (tertiary alicyclic amines) is 1. The van der Waals surface area contributed by atoms with Crippen molar-refractivity contribution >= 4 is 33.6 Å². The molecule has 0 atom stereocenters. The van der Waals surface area contributed by atoms with Crippen LogP contribution in [0.15, 0.2) is 59.5 Å². The van der Waals surface area contributed by atoms with Gasteiger partial charge in [-0.3, -0.25) is 13.9 Å². The SMILES string of the molecule is CCN(c1ccccc1)S(=O)(=O)c1cccc(C(=O)OCC(=O)N2CCC(C(=O)OC)CC2)c1. The average Bonchev–Trinajstić information content (AvgIpc) is 2.87. The largest absolute Gasteiger partial charge is 0.469 e. The number of nitrogens with zero attached hydrogens (tertiary/aromatic N) is 2. The van der Waals surface area contributed by atoms with Crippen LogP contribution in [-0.2, 0) is 29.1 Å². The predicted molar refractivity (Wildman–Crippen MR) is 125 cm³/mol. The van der Waals surface area contributed by atoms with Gasteiger partial charge in [-0.05, 0) is 50.1 Å². The normalized spacial score (nSPS) is 14.4. The lowest BCUT2D eigenvalue weighted by Crippen LogP contribution is -2.42. The molecule has 34 heavy (non-hydrogen) atoms. The van der Waals surface area contributed by atoms with Crippen LogP contribution in [0.5, 0.6) is 0 Å². The number of esters is 2. The van der Waals surface area contributed by atoms with Crippen molar-refractivity contribution in [2.75, 3.05) is 37.7 Å². The second kappa shape index (κ2) is 11.1. The summed E-state index contributed by atoms with van der Waals surface area (Å²) >= 11 is 0. The molecule has 1 amide bonds. The molecule has 1 saturated heterocycles. The lowest BCUT2D eigenvalue weighted by Gasteiger charge is -2.30. The number of para-hydroxylation sites is 1. The standard InChI is InChI=1S/C24H28N2O7S/c1-3-26(20-9-5-4-6-10-20)34(30,31)21-11-7-8-19(16-21)24(29)33-17-22(27)25-14-12-18(13-15-25)23(28)32-2/h4-11,16,18H,3,12-15,17H2,1-2H3. The Labute approximate surface area is 199 Å². The molecule has 9 nitrogen and oxygen atoms in total. The molecule has 0 radical (unpaired) electrons. The van der Waals surface area contributed by atoms with Crippen molar-refractivity contribution < 1.29 is 32.3 Å². The average molecular weight is 489 g/mol. The van der Waals surface area contributed by atoms with Crippen molar-refractivity contribution in [1.29, 1.82) is 0 Å². The highest BCUT2D eigenvalue weighted by atomic mass is 32.2. The Morgan fingerprint density at radius 3 is 2.32 bits per heavy atom. The van der Waals surface area contributed by atoms with E-state index in [0.717, 1.165) is 0 Å². The van der Waals surface area contributed by atoms with Gasteiger partial charge in [0.1, 0.15) is 0 Å². The molecule has 0 aromatic heterocycles. The molecule has 2 aromatic rings. The molecule has 3 rings (SSSR count). The number of hydrogen-bond donors (Lipinski definition) is 0. The quantitative estimate of drug-likeness (QED) is 0.525. The molecule has 1 heterocycles. The number of methoxy groups -OCH3 is 1. The smallest absolute Gasteiger partial charge is 0.338 e. The number of carbonyl (C=O) groups excluding carboxylic acids is 3. The van der Waals surface area contributed by atoms with Gasteiger partial charge in [0, 0.05) is 19.6 Å². The van der Waals surface area contributed by atoms with Crippen LogP contribution >= 0.6 is 0 Å². The number of anilines is 1. The van der Waals surface area contributed by atoms with E-state index in [-0.39, 0.29) is 34.8 Å². The number of benzene rings is 2. The Balaban J connectivity index is 1.64. The van der Waals surface area contributed by atoms with E-state index in [1.165, 1.54) is 40.6 Å².